The number of sulfonamides is 1. The Balaban J connectivity index is 2.09. The Labute approximate surface area is 136 Å². The van der Waals surface area contributed by atoms with Crippen LogP contribution in [0, 0.1) is 5.82 Å². The van der Waals surface area contributed by atoms with Crippen LogP contribution >= 0.6 is 0 Å². The van der Waals surface area contributed by atoms with Crippen molar-refractivity contribution in [2.45, 2.75) is 24.7 Å². The lowest BCUT2D eigenvalue weighted by atomic mass is 10.3. The van der Waals surface area contributed by atoms with Crippen LogP contribution in [-0.2, 0) is 10.0 Å². The molecular formula is C16H20FN3O2S. The molecule has 5 nitrogen and oxygen atoms in total. The van der Waals surface area contributed by atoms with Gasteiger partial charge in [-0.25, -0.2) is 17.8 Å². The summed E-state index contributed by atoms with van der Waals surface area (Å²) in [5.74, 6) is -0.261. The van der Waals surface area contributed by atoms with Crippen molar-refractivity contribution in [3.8, 4) is 0 Å². The fraction of sp³-hybridized carbons (Fsp3) is 0.312. The van der Waals surface area contributed by atoms with Crippen molar-refractivity contribution in [1.82, 2.24) is 4.98 Å². The van der Waals surface area contributed by atoms with Crippen LogP contribution in [0.15, 0.2) is 47.5 Å². The van der Waals surface area contributed by atoms with Gasteiger partial charge in [-0.05, 0) is 42.8 Å². The summed E-state index contributed by atoms with van der Waals surface area (Å²) in [6, 6.07) is 8.06. The minimum absolute atomic E-state index is 0.00941. The van der Waals surface area contributed by atoms with E-state index >= 15 is 0 Å². The van der Waals surface area contributed by atoms with Gasteiger partial charge in [0.25, 0.3) is 10.0 Å². The molecule has 0 aliphatic rings. The zero-order valence-corrected chi connectivity index (χ0v) is 14.0. The minimum Gasteiger partial charge on any atom is -0.373 e. The number of hydrogen-bond acceptors (Lipinski definition) is 4. The Bertz CT molecular complexity index is 731. The largest absolute Gasteiger partial charge is 0.373 e. The Kier molecular flexibility index (Phi) is 5.54. The van der Waals surface area contributed by atoms with Crippen LogP contribution in [0.25, 0.3) is 0 Å². The van der Waals surface area contributed by atoms with Gasteiger partial charge in [0.05, 0.1) is 16.8 Å². The van der Waals surface area contributed by atoms with Crippen LogP contribution in [0.2, 0.25) is 0 Å². The molecule has 0 aliphatic heterocycles. The van der Waals surface area contributed by atoms with Gasteiger partial charge in [-0.3, -0.25) is 4.72 Å². The van der Waals surface area contributed by atoms with E-state index in [1.165, 1.54) is 12.1 Å². The predicted octanol–water partition coefficient (Wildman–Crippen LogP) is 3.26. The van der Waals surface area contributed by atoms with Gasteiger partial charge in [0.1, 0.15) is 11.6 Å². The second kappa shape index (κ2) is 7.41. The number of pyridine rings is 1. The highest BCUT2D eigenvalue weighted by atomic mass is 32.2. The quantitative estimate of drug-likeness (QED) is 0.842. The molecule has 1 aromatic carbocycles. The van der Waals surface area contributed by atoms with Gasteiger partial charge in [0.2, 0.25) is 0 Å². The maximum Gasteiger partial charge on any atom is 0.263 e. The second-order valence-electron chi connectivity index (χ2n) is 5.24. The molecule has 1 heterocycles. The first-order chi connectivity index (χ1) is 10.9. The molecule has 0 bridgehead atoms. The summed E-state index contributed by atoms with van der Waals surface area (Å²) in [4.78, 5) is 6.18. The fourth-order valence-corrected chi connectivity index (χ4v) is 3.02. The van der Waals surface area contributed by atoms with Crippen LogP contribution in [0.5, 0.6) is 0 Å². The van der Waals surface area contributed by atoms with E-state index in [1.54, 1.807) is 12.3 Å². The van der Waals surface area contributed by atoms with Crippen molar-refractivity contribution in [3.63, 3.8) is 0 Å². The van der Waals surface area contributed by atoms with Gasteiger partial charge in [0.15, 0.2) is 0 Å². The van der Waals surface area contributed by atoms with Crippen molar-refractivity contribution >= 4 is 21.5 Å². The molecule has 23 heavy (non-hydrogen) atoms. The van der Waals surface area contributed by atoms with Crippen molar-refractivity contribution < 1.29 is 12.8 Å². The molecular weight excluding hydrogens is 317 g/mol. The number of benzene rings is 1. The Morgan fingerprint density at radius 3 is 2.43 bits per heavy atom. The SMILES string of the molecule is CCCCN(C)c1ccc(NS(=O)(=O)c2ccc(F)cc2)nc1. The lowest BCUT2D eigenvalue weighted by molar-refractivity contribution is 0.599. The van der Waals surface area contributed by atoms with Gasteiger partial charge in [-0.1, -0.05) is 13.3 Å². The van der Waals surface area contributed by atoms with Gasteiger partial charge in [-0.2, -0.15) is 0 Å². The third-order valence-corrected chi connectivity index (χ3v) is 4.77. The molecule has 0 atom stereocenters. The van der Waals surface area contributed by atoms with Gasteiger partial charge >= 0.3 is 0 Å². The smallest absolute Gasteiger partial charge is 0.263 e. The number of anilines is 2. The molecule has 0 spiro atoms. The molecule has 0 unspecified atom stereocenters. The van der Waals surface area contributed by atoms with E-state index in [9.17, 15) is 12.8 Å². The molecule has 0 saturated heterocycles. The normalized spacial score (nSPS) is 11.3. The summed E-state index contributed by atoms with van der Waals surface area (Å²) in [6.07, 6.45) is 3.81. The third-order valence-electron chi connectivity index (χ3n) is 3.40. The van der Waals surface area contributed by atoms with Crippen LogP contribution in [0.1, 0.15) is 19.8 Å². The number of hydrogen-bond donors (Lipinski definition) is 1. The summed E-state index contributed by atoms with van der Waals surface area (Å²) in [7, 11) is -1.80. The van der Waals surface area contributed by atoms with Gasteiger partial charge in [-0.15, -0.1) is 0 Å². The Morgan fingerprint density at radius 1 is 1.17 bits per heavy atom. The average molecular weight is 337 g/mol. The first-order valence-corrected chi connectivity index (χ1v) is 8.86. The van der Waals surface area contributed by atoms with Crippen molar-refractivity contribution in [2.24, 2.45) is 0 Å². The molecule has 7 heteroatoms. The lowest BCUT2D eigenvalue weighted by Crippen LogP contribution is -2.19. The maximum atomic E-state index is 12.9. The van der Waals surface area contributed by atoms with Crippen LogP contribution < -0.4 is 9.62 Å². The minimum atomic E-state index is -3.77. The summed E-state index contributed by atoms with van der Waals surface area (Å²) < 4.78 is 39.6. The topological polar surface area (TPSA) is 62.3 Å². The number of nitrogens with one attached hydrogen (secondary N) is 1. The summed E-state index contributed by atoms with van der Waals surface area (Å²) in [5, 5.41) is 0. The molecule has 1 aromatic heterocycles. The van der Waals surface area contributed by atoms with Crippen molar-refractivity contribution in [1.29, 1.82) is 0 Å². The average Bonchev–Trinajstić information content (AvgIpc) is 2.53. The molecule has 0 saturated carbocycles. The van der Waals surface area contributed by atoms with E-state index in [2.05, 4.69) is 21.5 Å². The van der Waals surface area contributed by atoms with Gasteiger partial charge < -0.3 is 4.90 Å². The molecule has 2 rings (SSSR count). The number of unbranched alkanes of at least 4 members (excludes halogenated alkanes) is 1. The fourth-order valence-electron chi connectivity index (χ4n) is 2.01. The molecule has 1 N–H and O–H groups in total. The van der Waals surface area contributed by atoms with Crippen molar-refractivity contribution in [2.75, 3.05) is 23.2 Å². The lowest BCUT2D eigenvalue weighted by Gasteiger charge is -2.18. The first kappa shape index (κ1) is 17.2. The van der Waals surface area contributed by atoms with E-state index in [-0.39, 0.29) is 10.7 Å². The van der Waals surface area contributed by atoms with E-state index in [0.717, 1.165) is 37.2 Å². The Hall–Kier alpha value is -2.15. The van der Waals surface area contributed by atoms with Gasteiger partial charge in [0, 0.05) is 13.6 Å². The second-order valence-corrected chi connectivity index (χ2v) is 6.92. The predicted molar refractivity (Wildman–Crippen MR) is 89.6 cm³/mol. The van der Waals surface area contributed by atoms with Crippen LogP contribution in [0.3, 0.4) is 0 Å². The van der Waals surface area contributed by atoms with E-state index in [0.29, 0.717) is 0 Å². The molecule has 2 aromatic rings. The number of rotatable bonds is 7. The number of halogens is 1. The van der Waals surface area contributed by atoms with E-state index < -0.39 is 15.8 Å². The highest BCUT2D eigenvalue weighted by Crippen LogP contribution is 2.18. The monoisotopic (exact) mass is 337 g/mol. The highest BCUT2D eigenvalue weighted by Gasteiger charge is 2.15. The highest BCUT2D eigenvalue weighted by molar-refractivity contribution is 7.92. The third kappa shape index (κ3) is 4.66. The summed E-state index contributed by atoms with van der Waals surface area (Å²) in [6.45, 7) is 3.04. The van der Waals surface area contributed by atoms with Crippen LogP contribution in [0.4, 0.5) is 15.9 Å². The molecule has 0 fully saturated rings. The first-order valence-electron chi connectivity index (χ1n) is 7.38. The number of nitrogens with zero attached hydrogens (tertiary/aromatic N) is 2. The molecule has 0 aliphatic carbocycles. The maximum absolute atomic E-state index is 12.9. The summed E-state index contributed by atoms with van der Waals surface area (Å²) in [5.41, 5.74) is 0.920. The molecule has 0 amide bonds. The Morgan fingerprint density at radius 2 is 1.87 bits per heavy atom. The molecule has 0 radical (unpaired) electrons. The zero-order valence-electron chi connectivity index (χ0n) is 13.2. The molecule has 124 valence electrons. The summed E-state index contributed by atoms with van der Waals surface area (Å²) >= 11 is 0. The zero-order chi connectivity index (χ0) is 16.9. The van der Waals surface area contributed by atoms with Crippen LogP contribution in [-0.4, -0.2) is 27.0 Å². The van der Waals surface area contributed by atoms with E-state index in [1.807, 2.05) is 13.1 Å². The standard InChI is InChI=1S/C16H20FN3O2S/c1-3-4-11-20(2)14-7-10-16(18-12-14)19-23(21,22)15-8-5-13(17)6-9-15/h5-10,12H,3-4,11H2,1-2H3,(H,18,19). The van der Waals surface area contributed by atoms with E-state index in [4.69, 9.17) is 0 Å². The number of aromatic nitrogens is 1. The van der Waals surface area contributed by atoms with Crippen molar-refractivity contribution in [3.05, 3.63) is 48.4 Å².